The molecule has 1 saturated carbocycles. The van der Waals surface area contributed by atoms with E-state index in [2.05, 4.69) is 11.4 Å². The van der Waals surface area contributed by atoms with E-state index in [1.807, 2.05) is 23.1 Å². The molecular formula is C15H19N3O2. The van der Waals surface area contributed by atoms with E-state index in [1.165, 1.54) is 12.8 Å². The zero-order chi connectivity index (χ0) is 14.1. The van der Waals surface area contributed by atoms with E-state index < -0.39 is 12.2 Å². The second-order valence-corrected chi connectivity index (χ2v) is 5.66. The van der Waals surface area contributed by atoms with E-state index in [0.717, 1.165) is 17.8 Å². The Bertz CT molecular complexity index is 526. The minimum absolute atomic E-state index is 0.371. The number of hydrogen-bond acceptors (Lipinski definition) is 5. The van der Waals surface area contributed by atoms with Crippen LogP contribution in [0.1, 0.15) is 24.0 Å². The van der Waals surface area contributed by atoms with Gasteiger partial charge in [0.25, 0.3) is 0 Å². The van der Waals surface area contributed by atoms with E-state index in [0.29, 0.717) is 24.7 Å². The van der Waals surface area contributed by atoms with Crippen molar-refractivity contribution in [2.45, 2.75) is 37.6 Å². The molecular weight excluding hydrogens is 254 g/mol. The first-order chi connectivity index (χ1) is 9.67. The molecule has 0 radical (unpaired) electrons. The molecule has 1 saturated heterocycles. The number of benzene rings is 1. The first kappa shape index (κ1) is 13.4. The minimum atomic E-state index is -0.738. The van der Waals surface area contributed by atoms with Crippen LogP contribution in [0.25, 0.3) is 0 Å². The Labute approximate surface area is 118 Å². The number of anilines is 1. The SMILES string of the molecule is N#Cc1cc(CNC2CC2)ccc1N1CC(O)C(O)C1. The van der Waals surface area contributed by atoms with Crippen LogP contribution in [0.3, 0.4) is 0 Å². The molecule has 3 rings (SSSR count). The Kier molecular flexibility index (Phi) is 3.62. The summed E-state index contributed by atoms with van der Waals surface area (Å²) in [6.07, 6.45) is 1.01. The molecule has 1 aromatic carbocycles. The summed E-state index contributed by atoms with van der Waals surface area (Å²) < 4.78 is 0. The van der Waals surface area contributed by atoms with Gasteiger partial charge in [0.2, 0.25) is 0 Å². The molecule has 1 aliphatic carbocycles. The van der Waals surface area contributed by atoms with Gasteiger partial charge < -0.3 is 20.4 Å². The number of nitriles is 1. The average Bonchev–Trinajstić information content (AvgIpc) is 3.22. The molecule has 1 heterocycles. The van der Waals surface area contributed by atoms with Crippen LogP contribution in [0, 0.1) is 11.3 Å². The maximum atomic E-state index is 9.62. The fraction of sp³-hybridized carbons (Fsp3) is 0.533. The number of β-amino-alcohol motifs (C(OH)–C–C–N with tert-alkyl or cyclic N) is 2. The molecule has 0 amide bonds. The highest BCUT2D eigenvalue weighted by molar-refractivity contribution is 5.61. The molecule has 0 aromatic heterocycles. The summed E-state index contributed by atoms with van der Waals surface area (Å²) >= 11 is 0. The Balaban J connectivity index is 1.75. The largest absolute Gasteiger partial charge is 0.389 e. The quantitative estimate of drug-likeness (QED) is 0.738. The lowest BCUT2D eigenvalue weighted by Crippen LogP contribution is -2.22. The normalized spacial score (nSPS) is 25.8. The first-order valence-corrected chi connectivity index (χ1v) is 7.05. The van der Waals surface area contributed by atoms with E-state index in [-0.39, 0.29) is 0 Å². The summed E-state index contributed by atoms with van der Waals surface area (Å²) in [7, 11) is 0. The van der Waals surface area contributed by atoms with Gasteiger partial charge in [-0.2, -0.15) is 5.26 Å². The molecule has 1 aliphatic heterocycles. The molecule has 106 valence electrons. The number of aliphatic hydroxyl groups is 2. The van der Waals surface area contributed by atoms with Crippen LogP contribution < -0.4 is 10.2 Å². The predicted octanol–water partition coefficient (Wildman–Crippen LogP) is 0.352. The molecule has 5 heteroatoms. The Hall–Kier alpha value is -1.61. The van der Waals surface area contributed by atoms with Gasteiger partial charge in [0, 0.05) is 25.7 Å². The summed E-state index contributed by atoms with van der Waals surface area (Å²) in [4.78, 5) is 1.87. The van der Waals surface area contributed by atoms with Crippen molar-refractivity contribution < 1.29 is 10.2 Å². The molecule has 2 atom stereocenters. The van der Waals surface area contributed by atoms with Crippen LogP contribution in [0.4, 0.5) is 5.69 Å². The molecule has 2 unspecified atom stereocenters. The fourth-order valence-electron chi connectivity index (χ4n) is 2.57. The molecule has 2 fully saturated rings. The summed E-state index contributed by atoms with van der Waals surface area (Å²) in [5.74, 6) is 0. The third kappa shape index (κ3) is 2.78. The third-order valence-corrected chi connectivity index (χ3v) is 3.95. The smallest absolute Gasteiger partial charge is 0.101 e. The molecule has 1 aromatic rings. The van der Waals surface area contributed by atoms with Crippen molar-refractivity contribution in [3.8, 4) is 6.07 Å². The highest BCUT2D eigenvalue weighted by Crippen LogP contribution is 2.26. The second kappa shape index (κ2) is 5.41. The number of aliphatic hydroxyl groups excluding tert-OH is 2. The van der Waals surface area contributed by atoms with Crippen molar-refractivity contribution in [1.29, 1.82) is 5.26 Å². The molecule has 2 aliphatic rings. The van der Waals surface area contributed by atoms with Crippen molar-refractivity contribution in [3.05, 3.63) is 29.3 Å². The number of hydrogen-bond donors (Lipinski definition) is 3. The van der Waals surface area contributed by atoms with E-state index in [4.69, 9.17) is 0 Å². The minimum Gasteiger partial charge on any atom is -0.389 e. The van der Waals surface area contributed by atoms with Gasteiger partial charge in [-0.05, 0) is 30.5 Å². The van der Waals surface area contributed by atoms with Crippen molar-refractivity contribution in [2.75, 3.05) is 18.0 Å². The van der Waals surface area contributed by atoms with Crippen LogP contribution in [0.5, 0.6) is 0 Å². The third-order valence-electron chi connectivity index (χ3n) is 3.95. The first-order valence-electron chi connectivity index (χ1n) is 7.05. The average molecular weight is 273 g/mol. The van der Waals surface area contributed by atoms with Crippen LogP contribution in [-0.2, 0) is 6.54 Å². The summed E-state index contributed by atoms with van der Waals surface area (Å²) in [5.41, 5.74) is 2.48. The highest BCUT2D eigenvalue weighted by Gasteiger charge is 2.30. The van der Waals surface area contributed by atoms with Crippen molar-refractivity contribution in [1.82, 2.24) is 5.32 Å². The summed E-state index contributed by atoms with van der Waals surface area (Å²) in [6.45, 7) is 1.52. The fourth-order valence-corrected chi connectivity index (χ4v) is 2.57. The zero-order valence-electron chi connectivity index (χ0n) is 11.3. The lowest BCUT2D eigenvalue weighted by atomic mass is 10.1. The van der Waals surface area contributed by atoms with Gasteiger partial charge in [-0.25, -0.2) is 0 Å². The Morgan fingerprint density at radius 2 is 1.95 bits per heavy atom. The van der Waals surface area contributed by atoms with E-state index in [9.17, 15) is 15.5 Å². The lowest BCUT2D eigenvalue weighted by Gasteiger charge is -2.19. The van der Waals surface area contributed by atoms with Crippen molar-refractivity contribution >= 4 is 5.69 Å². The highest BCUT2D eigenvalue weighted by atomic mass is 16.3. The van der Waals surface area contributed by atoms with Crippen LogP contribution in [0.15, 0.2) is 18.2 Å². The van der Waals surface area contributed by atoms with Crippen LogP contribution in [0.2, 0.25) is 0 Å². The molecule has 0 spiro atoms. The Morgan fingerprint density at radius 3 is 2.55 bits per heavy atom. The van der Waals surface area contributed by atoms with Crippen molar-refractivity contribution in [2.24, 2.45) is 0 Å². The molecule has 5 nitrogen and oxygen atoms in total. The van der Waals surface area contributed by atoms with Gasteiger partial charge in [0.05, 0.1) is 23.5 Å². The van der Waals surface area contributed by atoms with Crippen molar-refractivity contribution in [3.63, 3.8) is 0 Å². The maximum absolute atomic E-state index is 9.62. The number of nitrogens with one attached hydrogen (secondary N) is 1. The Morgan fingerprint density at radius 1 is 1.25 bits per heavy atom. The van der Waals surface area contributed by atoms with Crippen LogP contribution in [-0.4, -0.2) is 41.6 Å². The van der Waals surface area contributed by atoms with Gasteiger partial charge in [-0.3, -0.25) is 0 Å². The van der Waals surface area contributed by atoms with Crippen LogP contribution >= 0.6 is 0 Å². The maximum Gasteiger partial charge on any atom is 0.101 e. The lowest BCUT2D eigenvalue weighted by molar-refractivity contribution is 0.0572. The zero-order valence-corrected chi connectivity index (χ0v) is 11.3. The topological polar surface area (TPSA) is 79.5 Å². The van der Waals surface area contributed by atoms with Gasteiger partial charge in [-0.1, -0.05) is 6.07 Å². The van der Waals surface area contributed by atoms with Gasteiger partial charge >= 0.3 is 0 Å². The van der Waals surface area contributed by atoms with E-state index in [1.54, 1.807) is 0 Å². The number of rotatable bonds is 4. The van der Waals surface area contributed by atoms with Gasteiger partial charge in [0.15, 0.2) is 0 Å². The van der Waals surface area contributed by atoms with Gasteiger partial charge in [-0.15, -0.1) is 0 Å². The summed E-state index contributed by atoms with van der Waals surface area (Å²) in [6, 6.07) is 8.66. The molecule has 0 bridgehead atoms. The standard InChI is InChI=1S/C15H19N3O2/c16-6-11-5-10(7-17-12-2-3-12)1-4-13(11)18-8-14(19)15(20)9-18/h1,4-5,12,14-15,17,19-20H,2-3,7-9H2. The second-order valence-electron chi connectivity index (χ2n) is 5.66. The summed E-state index contributed by atoms with van der Waals surface area (Å²) in [5, 5.41) is 32.0. The van der Waals surface area contributed by atoms with E-state index >= 15 is 0 Å². The predicted molar refractivity (Wildman–Crippen MR) is 75.2 cm³/mol. The number of nitrogens with zero attached hydrogens (tertiary/aromatic N) is 2. The molecule has 20 heavy (non-hydrogen) atoms. The van der Waals surface area contributed by atoms with Gasteiger partial charge in [0.1, 0.15) is 6.07 Å². The monoisotopic (exact) mass is 273 g/mol. The molecule has 3 N–H and O–H groups in total.